The third-order valence-corrected chi connectivity index (χ3v) is 3.68. The van der Waals surface area contributed by atoms with Gasteiger partial charge < -0.3 is 4.90 Å². The molecule has 0 N–H and O–H groups in total. The molecule has 72 valence electrons. The second-order valence-corrected chi connectivity index (χ2v) is 5.47. The fourth-order valence-corrected chi connectivity index (χ4v) is 2.73. The average molecular weight is 262 g/mol. The topological polar surface area (TPSA) is 29.0 Å². The molecule has 1 fully saturated rings. The first-order chi connectivity index (χ1) is 6.36. The first-order valence-corrected chi connectivity index (χ1v) is 6.21. The van der Waals surface area contributed by atoms with Crippen LogP contribution < -0.4 is 4.90 Å². The first-order valence-electron chi connectivity index (χ1n) is 4.60. The van der Waals surface area contributed by atoms with Gasteiger partial charge in [0.05, 0.1) is 0 Å². The summed E-state index contributed by atoms with van der Waals surface area (Å²) in [5.74, 6) is 0. The Morgan fingerprint density at radius 3 is 2.31 bits per heavy atom. The summed E-state index contributed by atoms with van der Waals surface area (Å²) in [6.07, 6.45) is 5.29. The summed E-state index contributed by atoms with van der Waals surface area (Å²) in [5.41, 5.74) is 0. The Morgan fingerprint density at radius 1 is 1.08 bits per heavy atom. The summed E-state index contributed by atoms with van der Waals surface area (Å²) in [4.78, 5) is 2.34. The Balaban J connectivity index is 2.06. The van der Waals surface area contributed by atoms with E-state index < -0.39 is 0 Å². The van der Waals surface area contributed by atoms with E-state index in [1.54, 1.807) is 11.3 Å². The highest BCUT2D eigenvalue weighted by atomic mass is 79.9. The molecule has 0 bridgehead atoms. The highest BCUT2D eigenvalue weighted by Gasteiger charge is 2.13. The van der Waals surface area contributed by atoms with E-state index in [-0.39, 0.29) is 0 Å². The maximum Gasteiger partial charge on any atom is 0.209 e. The number of rotatable bonds is 1. The minimum Gasteiger partial charge on any atom is -0.347 e. The van der Waals surface area contributed by atoms with Gasteiger partial charge in [-0.25, -0.2) is 0 Å². The summed E-state index contributed by atoms with van der Waals surface area (Å²) in [5, 5.41) is 9.16. The normalized spacial score (nSPS) is 18.7. The molecule has 1 aliphatic rings. The van der Waals surface area contributed by atoms with Crippen LogP contribution in [-0.4, -0.2) is 23.3 Å². The van der Waals surface area contributed by atoms with Crippen LogP contribution >= 0.6 is 27.3 Å². The van der Waals surface area contributed by atoms with E-state index in [4.69, 9.17) is 0 Å². The fraction of sp³-hybridized carbons (Fsp3) is 0.750. The molecule has 0 radical (unpaired) electrons. The molecule has 2 rings (SSSR count). The molecule has 0 aliphatic carbocycles. The Labute approximate surface area is 90.3 Å². The van der Waals surface area contributed by atoms with Crippen molar-refractivity contribution in [1.29, 1.82) is 0 Å². The van der Waals surface area contributed by atoms with Gasteiger partial charge in [-0.15, -0.1) is 10.2 Å². The van der Waals surface area contributed by atoms with Crippen molar-refractivity contribution in [3.05, 3.63) is 3.92 Å². The standard InChI is InChI=1S/C8H12BrN3S/c9-7-10-11-8(13-7)12-5-3-1-2-4-6-12/h1-6H2. The Hall–Kier alpha value is -0.160. The van der Waals surface area contributed by atoms with Crippen molar-refractivity contribution in [3.8, 4) is 0 Å². The van der Waals surface area contributed by atoms with Crippen LogP contribution in [0.3, 0.4) is 0 Å². The number of hydrogen-bond acceptors (Lipinski definition) is 4. The number of aromatic nitrogens is 2. The molecule has 1 aromatic rings. The van der Waals surface area contributed by atoms with Crippen molar-refractivity contribution >= 4 is 32.4 Å². The van der Waals surface area contributed by atoms with Gasteiger partial charge in [0.2, 0.25) is 5.13 Å². The minimum absolute atomic E-state index is 0.881. The monoisotopic (exact) mass is 261 g/mol. The SMILES string of the molecule is Brc1nnc(N2CCCCCC2)s1. The molecule has 2 heterocycles. The average Bonchev–Trinajstić information content (AvgIpc) is 2.43. The summed E-state index contributed by atoms with van der Waals surface area (Å²) >= 11 is 4.96. The summed E-state index contributed by atoms with van der Waals surface area (Å²) in [6.45, 7) is 2.28. The van der Waals surface area contributed by atoms with Crippen LogP contribution in [0.1, 0.15) is 25.7 Å². The molecule has 1 aromatic heterocycles. The zero-order valence-corrected chi connectivity index (χ0v) is 9.77. The van der Waals surface area contributed by atoms with Gasteiger partial charge >= 0.3 is 0 Å². The van der Waals surface area contributed by atoms with E-state index in [1.165, 1.54) is 25.7 Å². The molecule has 0 aromatic carbocycles. The zero-order valence-electron chi connectivity index (χ0n) is 7.37. The molecule has 0 unspecified atom stereocenters. The van der Waals surface area contributed by atoms with Crippen LogP contribution in [0.5, 0.6) is 0 Å². The molecule has 1 saturated heterocycles. The summed E-state index contributed by atoms with van der Waals surface area (Å²) in [6, 6.07) is 0. The van der Waals surface area contributed by atoms with E-state index >= 15 is 0 Å². The van der Waals surface area contributed by atoms with Gasteiger partial charge in [-0.3, -0.25) is 0 Å². The third-order valence-electron chi connectivity index (χ3n) is 2.27. The maximum atomic E-state index is 4.13. The van der Waals surface area contributed by atoms with Crippen LogP contribution in [0.4, 0.5) is 5.13 Å². The summed E-state index contributed by atoms with van der Waals surface area (Å²) in [7, 11) is 0. The number of anilines is 1. The van der Waals surface area contributed by atoms with Crippen molar-refractivity contribution in [2.24, 2.45) is 0 Å². The van der Waals surface area contributed by atoms with Gasteiger partial charge in [-0.2, -0.15) is 0 Å². The van der Waals surface area contributed by atoms with Crippen LogP contribution in [-0.2, 0) is 0 Å². The van der Waals surface area contributed by atoms with Crippen LogP contribution in [0.25, 0.3) is 0 Å². The Bertz CT molecular complexity index is 268. The van der Waals surface area contributed by atoms with Crippen LogP contribution in [0.15, 0.2) is 3.92 Å². The Morgan fingerprint density at radius 2 is 1.77 bits per heavy atom. The van der Waals surface area contributed by atoms with Gasteiger partial charge in [0.15, 0.2) is 3.92 Å². The lowest BCUT2D eigenvalue weighted by molar-refractivity contribution is 0.726. The maximum absolute atomic E-state index is 4.13. The number of halogens is 1. The van der Waals surface area contributed by atoms with Crippen molar-refractivity contribution in [3.63, 3.8) is 0 Å². The molecular formula is C8H12BrN3S. The molecular weight excluding hydrogens is 250 g/mol. The quantitative estimate of drug-likeness (QED) is 0.779. The molecule has 13 heavy (non-hydrogen) atoms. The zero-order chi connectivity index (χ0) is 9.10. The van der Waals surface area contributed by atoms with Gasteiger partial charge in [-0.1, -0.05) is 24.2 Å². The summed E-state index contributed by atoms with van der Waals surface area (Å²) < 4.78 is 0.881. The number of hydrogen-bond donors (Lipinski definition) is 0. The van der Waals surface area contributed by atoms with E-state index in [1.807, 2.05) is 0 Å². The molecule has 0 spiro atoms. The largest absolute Gasteiger partial charge is 0.347 e. The molecule has 0 saturated carbocycles. The lowest BCUT2D eigenvalue weighted by Gasteiger charge is -2.17. The van der Waals surface area contributed by atoms with Crippen molar-refractivity contribution in [1.82, 2.24) is 10.2 Å². The lowest BCUT2D eigenvalue weighted by atomic mass is 10.2. The first kappa shape index (κ1) is 9.40. The molecule has 5 heteroatoms. The number of nitrogens with zero attached hydrogens (tertiary/aromatic N) is 3. The van der Waals surface area contributed by atoms with E-state index in [0.29, 0.717) is 0 Å². The molecule has 1 aliphatic heterocycles. The highest BCUT2D eigenvalue weighted by Crippen LogP contribution is 2.25. The van der Waals surface area contributed by atoms with Gasteiger partial charge in [0.25, 0.3) is 0 Å². The Kier molecular flexibility index (Phi) is 3.16. The second kappa shape index (κ2) is 4.37. The minimum atomic E-state index is 0.881. The van der Waals surface area contributed by atoms with Crippen molar-refractivity contribution in [2.45, 2.75) is 25.7 Å². The van der Waals surface area contributed by atoms with Crippen molar-refractivity contribution < 1.29 is 0 Å². The van der Waals surface area contributed by atoms with Gasteiger partial charge in [0, 0.05) is 13.1 Å². The molecule has 3 nitrogen and oxygen atoms in total. The smallest absolute Gasteiger partial charge is 0.209 e. The second-order valence-electron chi connectivity index (χ2n) is 3.24. The van der Waals surface area contributed by atoms with Crippen LogP contribution in [0, 0.1) is 0 Å². The predicted octanol–water partition coefficient (Wildman–Crippen LogP) is 2.68. The predicted molar refractivity (Wildman–Crippen MR) is 58.3 cm³/mol. The van der Waals surface area contributed by atoms with Gasteiger partial charge in [0.1, 0.15) is 0 Å². The lowest BCUT2D eigenvalue weighted by Crippen LogP contribution is -2.23. The molecule has 0 atom stereocenters. The van der Waals surface area contributed by atoms with Crippen LogP contribution in [0.2, 0.25) is 0 Å². The third kappa shape index (κ3) is 2.40. The van der Waals surface area contributed by atoms with Gasteiger partial charge in [-0.05, 0) is 28.8 Å². The molecule has 0 amide bonds. The fourth-order valence-electron chi connectivity index (χ4n) is 1.59. The van der Waals surface area contributed by atoms with Crippen molar-refractivity contribution in [2.75, 3.05) is 18.0 Å². The van der Waals surface area contributed by atoms with E-state index in [2.05, 4.69) is 31.0 Å². The highest BCUT2D eigenvalue weighted by molar-refractivity contribution is 9.11. The van der Waals surface area contributed by atoms with E-state index in [0.717, 1.165) is 22.1 Å². The van der Waals surface area contributed by atoms with E-state index in [9.17, 15) is 0 Å².